The standard InChI is InChI=1S/C17H24N4/c1-6-8-19-15-10-14(17(3,4)5)20-16(21-15)13-11-18-9-7-12(13)2/h7,9-11H,6,8H2,1-5H3,(H,19,20,21). The van der Waals surface area contributed by atoms with E-state index in [9.17, 15) is 0 Å². The van der Waals surface area contributed by atoms with Crippen molar-refractivity contribution in [3.8, 4) is 11.4 Å². The molecule has 0 unspecified atom stereocenters. The predicted octanol–water partition coefficient (Wildman–Crippen LogP) is 3.97. The third-order valence-electron chi connectivity index (χ3n) is 3.33. The van der Waals surface area contributed by atoms with Crippen molar-refractivity contribution < 1.29 is 0 Å². The van der Waals surface area contributed by atoms with Crippen LogP contribution >= 0.6 is 0 Å². The number of aryl methyl sites for hydroxylation is 1. The van der Waals surface area contributed by atoms with Gasteiger partial charge in [0.2, 0.25) is 0 Å². The Hall–Kier alpha value is -1.97. The lowest BCUT2D eigenvalue weighted by molar-refractivity contribution is 0.568. The van der Waals surface area contributed by atoms with E-state index in [0.717, 1.165) is 41.4 Å². The van der Waals surface area contributed by atoms with Crippen LogP contribution in [-0.2, 0) is 5.41 Å². The van der Waals surface area contributed by atoms with Gasteiger partial charge in [0.15, 0.2) is 5.82 Å². The Balaban J connectivity index is 2.52. The Morgan fingerprint density at radius 3 is 2.57 bits per heavy atom. The van der Waals surface area contributed by atoms with Crippen molar-refractivity contribution in [3.63, 3.8) is 0 Å². The molecule has 4 heteroatoms. The molecule has 1 N–H and O–H groups in total. The topological polar surface area (TPSA) is 50.7 Å². The molecular formula is C17H24N4. The molecule has 2 aromatic heterocycles. The van der Waals surface area contributed by atoms with Crippen molar-refractivity contribution in [3.05, 3.63) is 35.8 Å². The van der Waals surface area contributed by atoms with Crippen LogP contribution in [0.3, 0.4) is 0 Å². The van der Waals surface area contributed by atoms with E-state index in [1.54, 1.807) is 6.20 Å². The highest BCUT2D eigenvalue weighted by molar-refractivity contribution is 5.60. The van der Waals surface area contributed by atoms with E-state index < -0.39 is 0 Å². The summed E-state index contributed by atoms with van der Waals surface area (Å²) < 4.78 is 0. The number of hydrogen-bond donors (Lipinski definition) is 1. The zero-order valence-electron chi connectivity index (χ0n) is 13.6. The maximum Gasteiger partial charge on any atom is 0.163 e. The van der Waals surface area contributed by atoms with Crippen LogP contribution in [0.5, 0.6) is 0 Å². The molecule has 0 saturated heterocycles. The molecule has 0 aliphatic heterocycles. The van der Waals surface area contributed by atoms with Gasteiger partial charge in [-0.15, -0.1) is 0 Å². The van der Waals surface area contributed by atoms with E-state index in [4.69, 9.17) is 4.98 Å². The molecule has 0 amide bonds. The van der Waals surface area contributed by atoms with E-state index >= 15 is 0 Å². The first kappa shape index (κ1) is 15.4. The summed E-state index contributed by atoms with van der Waals surface area (Å²) in [6.45, 7) is 11.6. The van der Waals surface area contributed by atoms with Gasteiger partial charge in [0, 0.05) is 36.0 Å². The highest BCUT2D eigenvalue weighted by Crippen LogP contribution is 2.26. The highest BCUT2D eigenvalue weighted by atomic mass is 15.0. The molecule has 2 rings (SSSR count). The molecule has 0 atom stereocenters. The molecule has 0 saturated carbocycles. The van der Waals surface area contributed by atoms with Crippen LogP contribution in [-0.4, -0.2) is 21.5 Å². The lowest BCUT2D eigenvalue weighted by Crippen LogP contribution is -2.16. The molecule has 0 fully saturated rings. The maximum atomic E-state index is 4.75. The van der Waals surface area contributed by atoms with E-state index in [0.29, 0.717) is 0 Å². The molecule has 21 heavy (non-hydrogen) atoms. The molecule has 0 aromatic carbocycles. The summed E-state index contributed by atoms with van der Waals surface area (Å²) in [7, 11) is 0. The Labute approximate surface area is 127 Å². The van der Waals surface area contributed by atoms with Crippen molar-refractivity contribution >= 4 is 5.82 Å². The number of aromatic nitrogens is 3. The van der Waals surface area contributed by atoms with E-state index in [1.807, 2.05) is 18.3 Å². The maximum absolute atomic E-state index is 4.75. The summed E-state index contributed by atoms with van der Waals surface area (Å²) in [6.07, 6.45) is 4.69. The molecule has 0 spiro atoms. The van der Waals surface area contributed by atoms with Gasteiger partial charge in [0.05, 0.1) is 5.69 Å². The molecule has 4 nitrogen and oxygen atoms in total. The first-order chi connectivity index (χ1) is 9.91. The van der Waals surface area contributed by atoms with E-state index in [2.05, 4.69) is 49.9 Å². The highest BCUT2D eigenvalue weighted by Gasteiger charge is 2.19. The first-order valence-corrected chi connectivity index (χ1v) is 7.46. The number of hydrogen-bond acceptors (Lipinski definition) is 4. The zero-order chi connectivity index (χ0) is 15.5. The Kier molecular flexibility index (Phi) is 4.56. The number of anilines is 1. The van der Waals surface area contributed by atoms with Gasteiger partial charge in [-0.25, -0.2) is 9.97 Å². The third kappa shape index (κ3) is 3.78. The van der Waals surface area contributed by atoms with Crippen LogP contribution in [0, 0.1) is 6.92 Å². The Morgan fingerprint density at radius 2 is 1.95 bits per heavy atom. The van der Waals surface area contributed by atoms with Crippen molar-refractivity contribution in [2.75, 3.05) is 11.9 Å². The fourth-order valence-corrected chi connectivity index (χ4v) is 1.99. The molecule has 0 aliphatic carbocycles. The quantitative estimate of drug-likeness (QED) is 0.923. The fourth-order valence-electron chi connectivity index (χ4n) is 1.99. The Morgan fingerprint density at radius 1 is 1.19 bits per heavy atom. The molecule has 2 heterocycles. The molecular weight excluding hydrogens is 260 g/mol. The summed E-state index contributed by atoms with van der Waals surface area (Å²) in [6, 6.07) is 4.03. The van der Waals surface area contributed by atoms with Gasteiger partial charge in [0.25, 0.3) is 0 Å². The average Bonchev–Trinajstić information content (AvgIpc) is 2.44. The van der Waals surface area contributed by atoms with Crippen molar-refractivity contribution in [1.29, 1.82) is 0 Å². The number of rotatable bonds is 4. The number of nitrogens with one attached hydrogen (secondary N) is 1. The fraction of sp³-hybridized carbons (Fsp3) is 0.471. The minimum Gasteiger partial charge on any atom is -0.370 e. The smallest absolute Gasteiger partial charge is 0.163 e. The molecule has 0 radical (unpaired) electrons. The van der Waals surface area contributed by atoms with E-state index in [1.165, 1.54) is 0 Å². The average molecular weight is 284 g/mol. The van der Waals surface area contributed by atoms with Crippen LogP contribution in [0.2, 0.25) is 0 Å². The second-order valence-corrected chi connectivity index (χ2v) is 6.33. The first-order valence-electron chi connectivity index (χ1n) is 7.46. The Bertz CT molecular complexity index is 614. The summed E-state index contributed by atoms with van der Waals surface area (Å²) in [5, 5.41) is 3.36. The van der Waals surface area contributed by atoms with Crippen molar-refractivity contribution in [2.24, 2.45) is 0 Å². The molecule has 0 aliphatic rings. The minimum atomic E-state index is -0.0174. The van der Waals surface area contributed by atoms with Gasteiger partial charge in [-0.2, -0.15) is 0 Å². The summed E-state index contributed by atoms with van der Waals surface area (Å²) in [5.41, 5.74) is 3.14. The predicted molar refractivity (Wildman–Crippen MR) is 87.5 cm³/mol. The van der Waals surface area contributed by atoms with Gasteiger partial charge < -0.3 is 5.32 Å². The molecule has 0 bridgehead atoms. The van der Waals surface area contributed by atoms with Gasteiger partial charge in [-0.1, -0.05) is 27.7 Å². The minimum absolute atomic E-state index is 0.0174. The van der Waals surface area contributed by atoms with E-state index in [-0.39, 0.29) is 5.41 Å². The lowest BCUT2D eigenvalue weighted by atomic mass is 9.91. The van der Waals surface area contributed by atoms with Crippen LogP contribution in [0.1, 0.15) is 45.4 Å². The van der Waals surface area contributed by atoms with Crippen LogP contribution < -0.4 is 5.32 Å². The molecule has 112 valence electrons. The number of nitrogens with zero attached hydrogens (tertiary/aromatic N) is 3. The van der Waals surface area contributed by atoms with Crippen LogP contribution in [0.15, 0.2) is 24.5 Å². The monoisotopic (exact) mass is 284 g/mol. The van der Waals surface area contributed by atoms with Crippen LogP contribution in [0.4, 0.5) is 5.82 Å². The summed E-state index contributed by atoms with van der Waals surface area (Å²) in [5.74, 6) is 1.63. The van der Waals surface area contributed by atoms with Crippen molar-refractivity contribution in [2.45, 2.75) is 46.5 Å². The largest absolute Gasteiger partial charge is 0.370 e. The molecule has 2 aromatic rings. The SMILES string of the molecule is CCCNc1cc(C(C)(C)C)nc(-c2cnccc2C)n1. The summed E-state index contributed by atoms with van der Waals surface area (Å²) in [4.78, 5) is 13.6. The van der Waals surface area contributed by atoms with Gasteiger partial charge in [-0.05, 0) is 25.0 Å². The lowest BCUT2D eigenvalue weighted by Gasteiger charge is -2.20. The number of pyridine rings is 1. The zero-order valence-corrected chi connectivity index (χ0v) is 13.6. The van der Waals surface area contributed by atoms with Crippen LogP contribution in [0.25, 0.3) is 11.4 Å². The normalized spacial score (nSPS) is 11.5. The van der Waals surface area contributed by atoms with Gasteiger partial charge in [0.1, 0.15) is 5.82 Å². The van der Waals surface area contributed by atoms with Crippen molar-refractivity contribution in [1.82, 2.24) is 15.0 Å². The third-order valence-corrected chi connectivity index (χ3v) is 3.33. The summed E-state index contributed by atoms with van der Waals surface area (Å²) >= 11 is 0. The van der Waals surface area contributed by atoms with Gasteiger partial charge >= 0.3 is 0 Å². The second kappa shape index (κ2) is 6.20. The second-order valence-electron chi connectivity index (χ2n) is 6.33. The van der Waals surface area contributed by atoms with Gasteiger partial charge in [-0.3, -0.25) is 4.98 Å².